The second kappa shape index (κ2) is 8.62. The van der Waals surface area contributed by atoms with Crippen molar-refractivity contribution >= 4 is 47.8 Å². The maximum atomic E-state index is 13.4. The van der Waals surface area contributed by atoms with Crippen LogP contribution in [0.1, 0.15) is 34.5 Å². The molecule has 2 aromatic heterocycles. The average Bonchev–Trinajstić information content (AvgIpc) is 3.33. The van der Waals surface area contributed by atoms with Crippen molar-refractivity contribution in [2.45, 2.75) is 25.9 Å². The van der Waals surface area contributed by atoms with E-state index in [1.54, 1.807) is 36.4 Å². The molecule has 0 spiro atoms. The molecule has 4 rings (SSSR count). The van der Waals surface area contributed by atoms with Gasteiger partial charge in [0.1, 0.15) is 5.82 Å². The Morgan fingerprint density at radius 3 is 2.65 bits per heavy atom. The van der Waals surface area contributed by atoms with Crippen LogP contribution in [-0.2, 0) is 11.1 Å². The Bertz CT molecular complexity index is 1190. The first-order valence-electron chi connectivity index (χ1n) is 9.68. The summed E-state index contributed by atoms with van der Waals surface area (Å²) >= 11 is 13.4. The number of rotatable bonds is 5. The quantitative estimate of drug-likeness (QED) is 0.476. The number of hydrogen-bond donors (Lipinski definition) is 0. The Labute approximate surface area is 194 Å². The Morgan fingerprint density at radius 2 is 2.00 bits per heavy atom. The molecule has 0 bridgehead atoms. The zero-order chi connectivity index (χ0) is 22.3. The van der Waals surface area contributed by atoms with Crippen molar-refractivity contribution in [2.24, 2.45) is 0 Å². The highest BCUT2D eigenvalue weighted by atomic mass is 35.5. The molecule has 8 nitrogen and oxygen atoms in total. The van der Waals surface area contributed by atoms with E-state index in [1.165, 1.54) is 11.5 Å². The summed E-state index contributed by atoms with van der Waals surface area (Å²) in [5.41, 5.74) is 0.448. The number of benzene rings is 1. The predicted octanol–water partition coefficient (Wildman–Crippen LogP) is 4.62. The molecule has 3 aromatic rings. The van der Waals surface area contributed by atoms with E-state index in [2.05, 4.69) is 19.6 Å². The fourth-order valence-electron chi connectivity index (χ4n) is 3.59. The van der Waals surface area contributed by atoms with Gasteiger partial charge in [-0.05, 0) is 56.4 Å². The van der Waals surface area contributed by atoms with Gasteiger partial charge in [0.05, 0.1) is 23.2 Å². The van der Waals surface area contributed by atoms with E-state index in [0.29, 0.717) is 63.8 Å². The van der Waals surface area contributed by atoms with Gasteiger partial charge in [-0.3, -0.25) is 4.79 Å². The fourth-order valence-corrected chi connectivity index (χ4v) is 5.42. The highest BCUT2D eigenvalue weighted by molar-refractivity contribution is 7.62. The summed E-state index contributed by atoms with van der Waals surface area (Å²) in [6, 6.07) is 4.48. The second-order valence-electron chi connectivity index (χ2n) is 7.91. The summed E-state index contributed by atoms with van der Waals surface area (Å²) in [7, 11) is -2.29. The van der Waals surface area contributed by atoms with Gasteiger partial charge in [-0.1, -0.05) is 23.2 Å². The van der Waals surface area contributed by atoms with Crippen LogP contribution in [0.3, 0.4) is 0 Å². The lowest BCUT2D eigenvalue weighted by Gasteiger charge is -2.36. The molecule has 1 aromatic carbocycles. The standard InChI is InChI=1S/C19H21Cl2N6O2PS/c1-11-22-18(31-25-11)17-24-23-16-15(6-9-30(2,3)29)26(7-8-27(16)17)19(28)12-4-5-13(20)14(21)10-12/h4-5,10,15H,6-9H2,1-3H3. The lowest BCUT2D eigenvalue weighted by Crippen LogP contribution is -2.43. The monoisotopic (exact) mass is 498 g/mol. The molecular formula is C19H21Cl2N6O2PS. The molecule has 1 amide bonds. The molecule has 164 valence electrons. The van der Waals surface area contributed by atoms with E-state index in [-0.39, 0.29) is 11.9 Å². The highest BCUT2D eigenvalue weighted by Crippen LogP contribution is 2.41. The number of aryl methyl sites for hydroxylation is 1. The van der Waals surface area contributed by atoms with Gasteiger partial charge < -0.3 is 14.0 Å². The fraction of sp³-hybridized carbons (Fsp3) is 0.421. The topological polar surface area (TPSA) is 93.9 Å². The SMILES string of the molecule is Cc1nsc(-c2nnc3n2CCN(C(=O)c2ccc(Cl)c(Cl)c2)C3CCP(C)(C)=O)n1. The Hall–Kier alpha value is -1.80. The van der Waals surface area contributed by atoms with E-state index in [1.807, 2.05) is 11.5 Å². The van der Waals surface area contributed by atoms with Crippen LogP contribution in [0.25, 0.3) is 10.8 Å². The summed E-state index contributed by atoms with van der Waals surface area (Å²) < 4.78 is 18.7. The molecule has 1 unspecified atom stereocenters. The lowest BCUT2D eigenvalue weighted by molar-refractivity contribution is 0.0612. The minimum Gasteiger partial charge on any atom is -0.327 e. The third-order valence-corrected chi connectivity index (χ3v) is 7.98. The second-order valence-corrected chi connectivity index (χ2v) is 13.1. The molecule has 31 heavy (non-hydrogen) atoms. The van der Waals surface area contributed by atoms with E-state index >= 15 is 0 Å². The molecule has 0 saturated heterocycles. The first kappa shape index (κ1) is 22.4. The Kier molecular flexibility index (Phi) is 6.23. The first-order valence-corrected chi connectivity index (χ1v) is 14.0. The number of carbonyl (C=O) groups excluding carboxylic acids is 1. The van der Waals surface area contributed by atoms with Crippen LogP contribution in [0.4, 0.5) is 0 Å². The van der Waals surface area contributed by atoms with Crippen molar-refractivity contribution in [3.8, 4) is 10.8 Å². The predicted molar refractivity (Wildman–Crippen MR) is 123 cm³/mol. The summed E-state index contributed by atoms with van der Waals surface area (Å²) in [5, 5.41) is 10.2. The van der Waals surface area contributed by atoms with Crippen molar-refractivity contribution in [3.05, 3.63) is 45.5 Å². The van der Waals surface area contributed by atoms with Gasteiger partial charge in [0.15, 0.2) is 16.7 Å². The van der Waals surface area contributed by atoms with Gasteiger partial charge in [0.25, 0.3) is 5.91 Å². The Balaban J connectivity index is 1.71. The molecule has 0 radical (unpaired) electrons. The van der Waals surface area contributed by atoms with Crippen LogP contribution in [0.5, 0.6) is 0 Å². The molecule has 0 fully saturated rings. The molecule has 3 heterocycles. The van der Waals surface area contributed by atoms with Crippen molar-refractivity contribution in [3.63, 3.8) is 0 Å². The van der Waals surface area contributed by atoms with E-state index in [4.69, 9.17) is 23.2 Å². The summed E-state index contributed by atoms with van der Waals surface area (Å²) in [4.78, 5) is 19.5. The minimum atomic E-state index is -2.29. The Morgan fingerprint density at radius 1 is 1.23 bits per heavy atom. The lowest BCUT2D eigenvalue weighted by atomic mass is 10.1. The summed E-state index contributed by atoms with van der Waals surface area (Å²) in [5.74, 6) is 1.81. The molecule has 0 aliphatic carbocycles. The number of amides is 1. The molecule has 0 saturated carbocycles. The van der Waals surface area contributed by atoms with Crippen LogP contribution >= 0.6 is 41.9 Å². The highest BCUT2D eigenvalue weighted by Gasteiger charge is 2.36. The van der Waals surface area contributed by atoms with Crippen LogP contribution in [-0.4, -0.2) is 61.0 Å². The maximum Gasteiger partial charge on any atom is 0.254 e. The van der Waals surface area contributed by atoms with E-state index in [9.17, 15) is 9.36 Å². The van der Waals surface area contributed by atoms with Crippen molar-refractivity contribution in [2.75, 3.05) is 26.0 Å². The molecule has 1 atom stereocenters. The van der Waals surface area contributed by atoms with Crippen LogP contribution in [0.2, 0.25) is 10.0 Å². The number of nitrogens with zero attached hydrogens (tertiary/aromatic N) is 6. The van der Waals surface area contributed by atoms with E-state index in [0.717, 1.165) is 0 Å². The van der Waals surface area contributed by atoms with Gasteiger partial charge in [0.2, 0.25) is 0 Å². The molecule has 12 heteroatoms. The van der Waals surface area contributed by atoms with Crippen molar-refractivity contribution < 1.29 is 9.36 Å². The van der Waals surface area contributed by atoms with Gasteiger partial charge in [-0.25, -0.2) is 4.98 Å². The number of aromatic nitrogens is 5. The van der Waals surface area contributed by atoms with E-state index < -0.39 is 7.14 Å². The number of hydrogen-bond acceptors (Lipinski definition) is 7. The molecule has 1 aliphatic heterocycles. The largest absolute Gasteiger partial charge is 0.327 e. The van der Waals surface area contributed by atoms with Crippen LogP contribution in [0.15, 0.2) is 18.2 Å². The number of carbonyl (C=O) groups is 1. The van der Waals surface area contributed by atoms with Gasteiger partial charge in [-0.15, -0.1) is 10.2 Å². The summed E-state index contributed by atoms with van der Waals surface area (Å²) in [6.07, 6.45) is 1.01. The molecule has 1 aliphatic rings. The zero-order valence-corrected chi connectivity index (χ0v) is 20.5. The number of halogens is 2. The van der Waals surface area contributed by atoms with Gasteiger partial charge in [0, 0.05) is 24.8 Å². The van der Waals surface area contributed by atoms with Gasteiger partial charge in [-0.2, -0.15) is 4.37 Å². The average molecular weight is 499 g/mol. The van der Waals surface area contributed by atoms with Crippen LogP contribution in [0, 0.1) is 6.92 Å². The third-order valence-electron chi connectivity index (χ3n) is 5.11. The smallest absolute Gasteiger partial charge is 0.254 e. The van der Waals surface area contributed by atoms with Crippen molar-refractivity contribution in [1.82, 2.24) is 29.0 Å². The van der Waals surface area contributed by atoms with Crippen molar-refractivity contribution in [1.29, 1.82) is 0 Å². The zero-order valence-electron chi connectivity index (χ0n) is 17.2. The van der Waals surface area contributed by atoms with Gasteiger partial charge >= 0.3 is 0 Å². The third kappa shape index (κ3) is 4.70. The maximum absolute atomic E-state index is 13.4. The molecule has 0 N–H and O–H groups in total. The normalized spacial score (nSPS) is 16.4. The first-order chi connectivity index (χ1) is 14.6. The molecular weight excluding hydrogens is 478 g/mol. The van der Waals surface area contributed by atoms with Crippen LogP contribution < -0.4 is 0 Å². The minimum absolute atomic E-state index is 0.173. The number of fused-ring (bicyclic) bond motifs is 1. The summed E-state index contributed by atoms with van der Waals surface area (Å²) in [6.45, 7) is 6.31.